The third-order valence-electron chi connectivity index (χ3n) is 7.82. The van der Waals surface area contributed by atoms with E-state index in [0.717, 1.165) is 29.8 Å². The molecule has 3 aliphatic heterocycles. The lowest BCUT2D eigenvalue weighted by atomic mass is 9.90. The van der Waals surface area contributed by atoms with Crippen LogP contribution in [0.4, 0.5) is 10.6 Å². The molecule has 1 aromatic heterocycles. The largest absolute Gasteiger partial charge is 0.465 e. The van der Waals surface area contributed by atoms with Crippen LogP contribution in [0.5, 0.6) is 0 Å². The molecular formula is C28H30N7O3+. The average Bonchev–Trinajstić information content (AvgIpc) is 3.72. The number of nitrogens with zero attached hydrogens (tertiary/aromatic N) is 5. The van der Waals surface area contributed by atoms with Crippen molar-refractivity contribution in [2.24, 2.45) is 21.7 Å². The second-order valence-electron chi connectivity index (χ2n) is 10.4. The van der Waals surface area contributed by atoms with E-state index in [2.05, 4.69) is 15.3 Å². The van der Waals surface area contributed by atoms with E-state index in [9.17, 15) is 14.7 Å². The topological polar surface area (TPSA) is 133 Å². The molecule has 38 heavy (non-hydrogen) atoms. The molecule has 1 saturated carbocycles. The smallest absolute Gasteiger partial charge is 0.407 e. The first-order chi connectivity index (χ1) is 18.3. The summed E-state index contributed by atoms with van der Waals surface area (Å²) < 4.78 is -0.151. The van der Waals surface area contributed by atoms with Crippen molar-refractivity contribution in [2.75, 3.05) is 11.9 Å². The molecule has 1 saturated heterocycles. The highest BCUT2D eigenvalue weighted by Crippen LogP contribution is 2.40. The number of piperidine rings is 1. The van der Waals surface area contributed by atoms with E-state index >= 15 is 0 Å². The van der Waals surface area contributed by atoms with Crippen LogP contribution in [-0.2, 0) is 0 Å². The van der Waals surface area contributed by atoms with Crippen molar-refractivity contribution in [3.63, 3.8) is 0 Å². The Hall–Kier alpha value is -4.15. The van der Waals surface area contributed by atoms with Crippen LogP contribution in [0.15, 0.2) is 76.4 Å². The van der Waals surface area contributed by atoms with Crippen LogP contribution < -0.4 is 11.2 Å². The highest BCUT2D eigenvalue weighted by molar-refractivity contribution is 6.05. The number of hydrogen-bond donors (Lipinski definition) is 3. The van der Waals surface area contributed by atoms with Crippen molar-refractivity contribution in [3.05, 3.63) is 83.1 Å². The first kappa shape index (κ1) is 24.2. The van der Waals surface area contributed by atoms with Gasteiger partial charge in [-0.05, 0) is 80.5 Å². The molecule has 10 heteroatoms. The SMILES string of the molecule is CC1CCC(C2=C3C=NC=C[N+]3(N)C(c3ccc(C(=O)Nc4cc(C5CC5)ccn4)cc3)=N2)CN1C(=O)O. The van der Waals surface area contributed by atoms with E-state index in [1.54, 1.807) is 36.9 Å². The Bertz CT molecular complexity index is 1420. The number of fused-ring (bicyclic) bond motifs is 1. The fourth-order valence-corrected chi connectivity index (χ4v) is 5.45. The Balaban J connectivity index is 1.24. The summed E-state index contributed by atoms with van der Waals surface area (Å²) in [5, 5.41) is 12.5. The van der Waals surface area contributed by atoms with E-state index in [0.29, 0.717) is 29.7 Å². The zero-order valence-corrected chi connectivity index (χ0v) is 21.1. The first-order valence-corrected chi connectivity index (χ1v) is 12.9. The van der Waals surface area contributed by atoms with Crippen LogP contribution in [0.1, 0.15) is 60.0 Å². The van der Waals surface area contributed by atoms with Crippen molar-refractivity contribution in [1.82, 2.24) is 9.88 Å². The van der Waals surface area contributed by atoms with Gasteiger partial charge in [0.25, 0.3) is 11.7 Å². The maximum Gasteiger partial charge on any atom is 0.407 e. The van der Waals surface area contributed by atoms with Crippen molar-refractivity contribution in [2.45, 2.75) is 44.6 Å². The number of aromatic nitrogens is 1. The molecule has 3 unspecified atom stereocenters. The molecule has 1 aliphatic carbocycles. The predicted octanol–water partition coefficient (Wildman–Crippen LogP) is 4.21. The summed E-state index contributed by atoms with van der Waals surface area (Å²) in [6, 6.07) is 11.1. The molecule has 0 bridgehead atoms. The maximum absolute atomic E-state index is 12.9. The number of allylic oxidation sites excluding steroid dienone is 1. The number of nitrogens with one attached hydrogen (secondary N) is 1. The number of rotatable bonds is 5. The lowest BCUT2D eigenvalue weighted by molar-refractivity contribution is -0.750. The number of carboxylic acid groups (broad SMARTS) is 1. The third-order valence-corrected chi connectivity index (χ3v) is 7.82. The second kappa shape index (κ2) is 9.30. The van der Waals surface area contributed by atoms with Gasteiger partial charge in [0.05, 0.1) is 18.0 Å². The zero-order chi connectivity index (χ0) is 26.4. The summed E-state index contributed by atoms with van der Waals surface area (Å²) in [5.41, 5.74) is 3.97. The molecule has 4 N–H and O–H groups in total. The van der Waals surface area contributed by atoms with Gasteiger partial charge in [-0.2, -0.15) is 10.8 Å². The first-order valence-electron chi connectivity index (χ1n) is 12.9. The minimum absolute atomic E-state index is 0.0404. The van der Waals surface area contributed by atoms with Crippen LogP contribution in [0.2, 0.25) is 0 Å². The van der Waals surface area contributed by atoms with Crippen molar-refractivity contribution >= 4 is 29.9 Å². The zero-order valence-electron chi connectivity index (χ0n) is 21.1. The van der Waals surface area contributed by atoms with Crippen molar-refractivity contribution < 1.29 is 19.3 Å². The van der Waals surface area contributed by atoms with Crippen LogP contribution >= 0.6 is 0 Å². The maximum atomic E-state index is 12.9. The molecule has 10 nitrogen and oxygen atoms in total. The average molecular weight is 513 g/mol. The lowest BCUT2D eigenvalue weighted by Crippen LogP contribution is -2.53. The minimum Gasteiger partial charge on any atom is -0.465 e. The third kappa shape index (κ3) is 4.31. The van der Waals surface area contributed by atoms with E-state index in [1.807, 2.05) is 31.2 Å². The van der Waals surface area contributed by atoms with Crippen LogP contribution in [0.3, 0.4) is 0 Å². The Morgan fingerprint density at radius 3 is 2.61 bits per heavy atom. The number of anilines is 1. The second-order valence-corrected chi connectivity index (χ2v) is 10.4. The van der Waals surface area contributed by atoms with Gasteiger partial charge in [-0.25, -0.2) is 9.78 Å². The van der Waals surface area contributed by atoms with E-state index in [4.69, 9.17) is 10.8 Å². The molecule has 4 heterocycles. The van der Waals surface area contributed by atoms with Gasteiger partial charge in [0, 0.05) is 30.3 Å². The molecule has 194 valence electrons. The van der Waals surface area contributed by atoms with Crippen LogP contribution in [-0.4, -0.2) is 56.2 Å². The molecule has 0 spiro atoms. The summed E-state index contributed by atoms with van der Waals surface area (Å²) in [6.07, 6.45) is 9.84. The number of amidine groups is 1. The van der Waals surface area contributed by atoms with Crippen molar-refractivity contribution in [3.8, 4) is 0 Å². The number of hydrogen-bond acceptors (Lipinski definition) is 6. The highest BCUT2D eigenvalue weighted by Gasteiger charge is 2.47. The van der Waals surface area contributed by atoms with Gasteiger partial charge in [-0.1, -0.05) is 0 Å². The monoisotopic (exact) mass is 512 g/mol. The van der Waals surface area contributed by atoms with E-state index in [-0.39, 0.29) is 22.5 Å². The van der Waals surface area contributed by atoms with Gasteiger partial charge >= 0.3 is 6.09 Å². The molecular weight excluding hydrogens is 482 g/mol. The summed E-state index contributed by atoms with van der Waals surface area (Å²) in [4.78, 5) is 39.7. The van der Waals surface area contributed by atoms with Crippen LogP contribution in [0, 0.1) is 5.92 Å². The number of likely N-dealkylation sites (tertiary alicyclic amines) is 1. The number of carbonyl (C=O) groups is 2. The Morgan fingerprint density at radius 2 is 1.87 bits per heavy atom. The molecule has 2 amide bonds. The summed E-state index contributed by atoms with van der Waals surface area (Å²) >= 11 is 0. The molecule has 3 atom stereocenters. The molecule has 2 aromatic rings. The number of aliphatic imine (C=N–C) groups is 2. The molecule has 0 radical (unpaired) electrons. The predicted molar refractivity (Wildman–Crippen MR) is 143 cm³/mol. The summed E-state index contributed by atoms with van der Waals surface area (Å²) in [6.45, 7) is 2.29. The number of quaternary nitrogens is 1. The summed E-state index contributed by atoms with van der Waals surface area (Å²) in [7, 11) is 0. The number of amides is 2. The molecule has 2 fully saturated rings. The van der Waals surface area contributed by atoms with Gasteiger partial charge < -0.3 is 15.3 Å². The van der Waals surface area contributed by atoms with Gasteiger partial charge in [0.2, 0.25) is 5.70 Å². The molecule has 6 rings (SSSR count). The fraction of sp³-hybridized carbons (Fsp3) is 0.321. The van der Waals surface area contributed by atoms with Crippen molar-refractivity contribution in [1.29, 1.82) is 0 Å². The van der Waals surface area contributed by atoms with Gasteiger partial charge in [-0.15, -0.1) is 4.59 Å². The normalized spacial score (nSPS) is 26.3. The Morgan fingerprint density at radius 1 is 1.11 bits per heavy atom. The van der Waals surface area contributed by atoms with Crippen LogP contribution in [0.25, 0.3) is 0 Å². The fourth-order valence-electron chi connectivity index (χ4n) is 5.45. The minimum atomic E-state index is -0.927. The quantitative estimate of drug-likeness (QED) is 0.408. The molecule has 4 aliphatic rings. The van der Waals surface area contributed by atoms with Gasteiger partial charge in [-0.3, -0.25) is 9.79 Å². The number of benzene rings is 1. The standard InChI is InChI=1S/C28H29N7O3/c1-17-2-3-22(16-34(17)28(37)38)25-23-15-30-12-13-35(23,29)26(33-25)19-6-8-20(9-7-19)27(36)32-24-14-21(10-11-31-24)18-4-5-18/h6-15,17-18,22H,2-5,16,29H2,1H3,(H-,31,32,36,37,38)/p+1. The Labute approximate surface area is 220 Å². The lowest BCUT2D eigenvalue weighted by Gasteiger charge is -2.35. The summed E-state index contributed by atoms with van der Waals surface area (Å²) in [5.74, 6) is 8.25. The number of carbonyl (C=O) groups excluding carboxylic acids is 1. The van der Waals surface area contributed by atoms with Gasteiger partial charge in [0.15, 0.2) is 0 Å². The van der Waals surface area contributed by atoms with E-state index < -0.39 is 6.09 Å². The Kier molecular flexibility index (Phi) is 5.93. The molecule has 1 aromatic carbocycles. The number of pyridine rings is 1. The van der Waals surface area contributed by atoms with E-state index in [1.165, 1.54) is 23.3 Å². The highest BCUT2D eigenvalue weighted by atomic mass is 16.4. The number of nitrogens with two attached hydrogens (primary N) is 1. The van der Waals surface area contributed by atoms with Gasteiger partial charge in [0.1, 0.15) is 17.7 Å².